The largest absolute Gasteiger partial charge is 0.507 e. The number of aliphatic hydroxyl groups is 1. The molecule has 1 aliphatic rings. The number of hydrogen-bond acceptors (Lipinski definition) is 8. The summed E-state index contributed by atoms with van der Waals surface area (Å²) in [5.74, 6) is 0.0399. The van der Waals surface area contributed by atoms with Gasteiger partial charge in [0, 0.05) is 5.56 Å². The SMILES string of the molecule is C=CCOc1ccc(C2C(=C(O)c3ccc(OC)cc3)C(=O)C(=O)N2c2nc3ccc(OCC)cc3s2)cc1. The van der Waals surface area contributed by atoms with Gasteiger partial charge in [0.2, 0.25) is 0 Å². The lowest BCUT2D eigenvalue weighted by molar-refractivity contribution is -0.132. The Kier molecular flexibility index (Phi) is 7.33. The average molecular weight is 543 g/mol. The molecule has 0 aliphatic carbocycles. The van der Waals surface area contributed by atoms with Gasteiger partial charge in [-0.05, 0) is 67.1 Å². The van der Waals surface area contributed by atoms with Crippen LogP contribution < -0.4 is 19.1 Å². The fraction of sp³-hybridized carbons (Fsp3) is 0.167. The summed E-state index contributed by atoms with van der Waals surface area (Å²) in [7, 11) is 1.54. The van der Waals surface area contributed by atoms with E-state index >= 15 is 0 Å². The third-order valence-electron chi connectivity index (χ3n) is 6.24. The zero-order chi connectivity index (χ0) is 27.5. The molecule has 1 aromatic heterocycles. The first kappa shape index (κ1) is 26.0. The van der Waals surface area contributed by atoms with Gasteiger partial charge in [-0.15, -0.1) is 0 Å². The number of thiazole rings is 1. The van der Waals surface area contributed by atoms with E-state index in [0.29, 0.717) is 52.2 Å². The van der Waals surface area contributed by atoms with E-state index in [0.717, 1.165) is 4.70 Å². The molecule has 198 valence electrons. The number of aromatic nitrogens is 1. The summed E-state index contributed by atoms with van der Waals surface area (Å²) >= 11 is 1.27. The second kappa shape index (κ2) is 11.0. The highest BCUT2D eigenvalue weighted by Gasteiger charge is 2.48. The number of benzene rings is 3. The molecule has 8 nitrogen and oxygen atoms in total. The van der Waals surface area contributed by atoms with E-state index in [9.17, 15) is 14.7 Å². The number of amides is 1. The molecule has 1 N–H and O–H groups in total. The summed E-state index contributed by atoms with van der Waals surface area (Å²) in [6, 6.07) is 18.2. The van der Waals surface area contributed by atoms with Crippen LogP contribution in [0, 0.1) is 0 Å². The molecule has 1 aliphatic heterocycles. The van der Waals surface area contributed by atoms with Crippen LogP contribution in [0.25, 0.3) is 16.0 Å². The lowest BCUT2D eigenvalue weighted by atomic mass is 9.95. The van der Waals surface area contributed by atoms with E-state index in [-0.39, 0.29) is 11.3 Å². The first-order valence-electron chi connectivity index (χ1n) is 12.3. The number of hydrogen-bond donors (Lipinski definition) is 1. The van der Waals surface area contributed by atoms with E-state index < -0.39 is 17.7 Å². The predicted molar refractivity (Wildman–Crippen MR) is 151 cm³/mol. The second-order valence-corrected chi connectivity index (χ2v) is 9.63. The fourth-order valence-corrected chi connectivity index (χ4v) is 5.42. The van der Waals surface area contributed by atoms with Crippen LogP contribution in [0.2, 0.25) is 0 Å². The summed E-state index contributed by atoms with van der Waals surface area (Å²) < 4.78 is 17.2. The highest BCUT2D eigenvalue weighted by Crippen LogP contribution is 2.45. The van der Waals surface area contributed by atoms with Crippen LogP contribution in [-0.4, -0.2) is 42.1 Å². The van der Waals surface area contributed by atoms with Gasteiger partial charge in [0.1, 0.15) is 29.6 Å². The summed E-state index contributed by atoms with van der Waals surface area (Å²) in [6.07, 6.45) is 1.64. The summed E-state index contributed by atoms with van der Waals surface area (Å²) in [5.41, 5.74) is 1.64. The van der Waals surface area contributed by atoms with Gasteiger partial charge in [0.05, 0.1) is 35.5 Å². The Morgan fingerprint density at radius 3 is 2.38 bits per heavy atom. The number of ether oxygens (including phenoxy) is 3. The van der Waals surface area contributed by atoms with Crippen LogP contribution >= 0.6 is 11.3 Å². The van der Waals surface area contributed by atoms with Crippen molar-refractivity contribution in [1.82, 2.24) is 4.98 Å². The molecule has 3 aromatic carbocycles. The molecule has 0 radical (unpaired) electrons. The number of rotatable bonds is 9. The van der Waals surface area contributed by atoms with Crippen LogP contribution in [0.4, 0.5) is 5.13 Å². The van der Waals surface area contributed by atoms with Crippen LogP contribution in [-0.2, 0) is 9.59 Å². The summed E-state index contributed by atoms with van der Waals surface area (Å²) in [4.78, 5) is 33.0. The van der Waals surface area contributed by atoms with Gasteiger partial charge >= 0.3 is 5.91 Å². The van der Waals surface area contributed by atoms with Gasteiger partial charge in [0.25, 0.3) is 5.78 Å². The van der Waals surface area contributed by atoms with Crippen molar-refractivity contribution < 1.29 is 28.9 Å². The van der Waals surface area contributed by atoms with E-state index in [1.165, 1.54) is 23.3 Å². The Labute approximate surface area is 229 Å². The smallest absolute Gasteiger partial charge is 0.301 e. The molecule has 0 bridgehead atoms. The normalized spacial score (nSPS) is 16.5. The number of nitrogens with zero attached hydrogens (tertiary/aromatic N) is 2. The van der Waals surface area contributed by atoms with Crippen molar-refractivity contribution >= 4 is 44.1 Å². The van der Waals surface area contributed by atoms with Gasteiger partial charge in [-0.3, -0.25) is 14.5 Å². The molecule has 0 saturated carbocycles. The van der Waals surface area contributed by atoms with E-state index in [1.54, 1.807) is 54.6 Å². The molecule has 1 amide bonds. The minimum absolute atomic E-state index is 0.0285. The van der Waals surface area contributed by atoms with Crippen LogP contribution in [0.15, 0.2) is 85.0 Å². The highest BCUT2D eigenvalue weighted by atomic mass is 32.1. The number of fused-ring (bicyclic) bond motifs is 1. The standard InChI is InChI=1S/C30H26N2O6S/c1-4-16-38-21-12-6-18(7-13-21)26-25(27(33)19-8-10-20(36-3)11-9-19)28(34)29(35)32(26)30-31-23-15-14-22(37-5-2)17-24(23)39-30/h4,6-15,17,26,33H,1,5,16H2,2-3H3. The maximum atomic E-state index is 13.5. The molecule has 0 spiro atoms. The first-order chi connectivity index (χ1) is 18.9. The molecular formula is C30H26N2O6S. The van der Waals surface area contributed by atoms with Crippen molar-refractivity contribution in [2.75, 3.05) is 25.2 Å². The van der Waals surface area contributed by atoms with Crippen LogP contribution in [0.5, 0.6) is 17.2 Å². The monoisotopic (exact) mass is 542 g/mol. The van der Waals surface area contributed by atoms with E-state index in [1.807, 2.05) is 25.1 Å². The lowest BCUT2D eigenvalue weighted by Gasteiger charge is -2.23. The molecule has 39 heavy (non-hydrogen) atoms. The van der Waals surface area contributed by atoms with Crippen molar-refractivity contribution in [2.24, 2.45) is 0 Å². The number of carbonyl (C=O) groups excluding carboxylic acids is 2. The van der Waals surface area contributed by atoms with Crippen molar-refractivity contribution in [2.45, 2.75) is 13.0 Å². The first-order valence-corrected chi connectivity index (χ1v) is 13.1. The average Bonchev–Trinajstić information content (AvgIpc) is 3.49. The fourth-order valence-electron chi connectivity index (χ4n) is 4.40. The van der Waals surface area contributed by atoms with Crippen LogP contribution in [0.3, 0.4) is 0 Å². The second-order valence-electron chi connectivity index (χ2n) is 8.63. The summed E-state index contributed by atoms with van der Waals surface area (Å²) in [6.45, 7) is 6.41. The Balaban J connectivity index is 1.64. The van der Waals surface area contributed by atoms with Gasteiger partial charge in [0.15, 0.2) is 5.13 Å². The van der Waals surface area contributed by atoms with Gasteiger partial charge in [-0.2, -0.15) is 0 Å². The molecule has 9 heteroatoms. The van der Waals surface area contributed by atoms with Crippen molar-refractivity contribution in [3.63, 3.8) is 0 Å². The Hall–Kier alpha value is -4.63. The third kappa shape index (κ3) is 4.96. The molecule has 1 fully saturated rings. The van der Waals surface area contributed by atoms with Gasteiger partial charge in [-0.25, -0.2) is 4.98 Å². The van der Waals surface area contributed by atoms with E-state index in [2.05, 4.69) is 11.6 Å². The topological polar surface area (TPSA) is 98.2 Å². The Morgan fingerprint density at radius 1 is 1.03 bits per heavy atom. The molecule has 2 heterocycles. The van der Waals surface area contributed by atoms with E-state index in [4.69, 9.17) is 14.2 Å². The molecule has 1 saturated heterocycles. The number of aliphatic hydroxyl groups excluding tert-OH is 1. The zero-order valence-corrected chi connectivity index (χ0v) is 22.2. The maximum absolute atomic E-state index is 13.5. The Bertz CT molecular complexity index is 1570. The third-order valence-corrected chi connectivity index (χ3v) is 7.25. The molecule has 5 rings (SSSR count). The predicted octanol–water partition coefficient (Wildman–Crippen LogP) is 5.89. The highest BCUT2D eigenvalue weighted by molar-refractivity contribution is 7.22. The minimum Gasteiger partial charge on any atom is -0.507 e. The Morgan fingerprint density at radius 2 is 1.72 bits per heavy atom. The van der Waals surface area contributed by atoms with Crippen molar-refractivity contribution in [3.8, 4) is 17.2 Å². The number of methoxy groups -OCH3 is 1. The quantitative estimate of drug-likeness (QED) is 0.122. The minimum atomic E-state index is -0.910. The lowest BCUT2D eigenvalue weighted by Crippen LogP contribution is -2.29. The van der Waals surface area contributed by atoms with Crippen molar-refractivity contribution in [1.29, 1.82) is 0 Å². The number of anilines is 1. The summed E-state index contributed by atoms with van der Waals surface area (Å²) in [5, 5.41) is 11.7. The van der Waals surface area contributed by atoms with Gasteiger partial charge < -0.3 is 19.3 Å². The molecular weight excluding hydrogens is 516 g/mol. The maximum Gasteiger partial charge on any atom is 0.301 e. The number of carbonyl (C=O) groups is 2. The number of Topliss-reactive ketones (excluding diaryl/α,β-unsaturated/α-hetero) is 1. The molecule has 1 unspecified atom stereocenters. The molecule has 4 aromatic rings. The van der Waals surface area contributed by atoms with Crippen LogP contribution in [0.1, 0.15) is 24.1 Å². The number of ketones is 1. The van der Waals surface area contributed by atoms with Gasteiger partial charge in [-0.1, -0.05) is 36.1 Å². The van der Waals surface area contributed by atoms with Crippen molar-refractivity contribution in [3.05, 3.63) is 96.1 Å². The molecule has 1 atom stereocenters. The zero-order valence-electron chi connectivity index (χ0n) is 21.4.